The minimum atomic E-state index is 0.245. The summed E-state index contributed by atoms with van der Waals surface area (Å²) in [6.07, 6.45) is 5.02. The SMILES string of the molecule is C[C@@H]1CN(c2ccc(-c3cnc4c(-c5ccc(C#N)cc5)cccc4c3C3CC3)cc2)C[C@H](C)O1. The summed E-state index contributed by atoms with van der Waals surface area (Å²) in [7, 11) is 0. The van der Waals surface area contributed by atoms with Gasteiger partial charge in [0.1, 0.15) is 0 Å². The van der Waals surface area contributed by atoms with Crippen LogP contribution >= 0.6 is 0 Å². The molecule has 0 spiro atoms. The zero-order valence-corrected chi connectivity index (χ0v) is 20.2. The molecule has 0 amide bonds. The maximum Gasteiger partial charge on any atom is 0.0991 e. The minimum Gasteiger partial charge on any atom is -0.372 e. The summed E-state index contributed by atoms with van der Waals surface area (Å²) in [5.41, 5.74) is 9.06. The Balaban J connectivity index is 1.40. The van der Waals surface area contributed by atoms with Crippen molar-refractivity contribution in [2.75, 3.05) is 18.0 Å². The normalized spacial score (nSPS) is 20.1. The number of nitrogens with zero attached hydrogens (tertiary/aromatic N) is 3. The number of anilines is 1. The lowest BCUT2D eigenvalue weighted by molar-refractivity contribution is -0.00521. The Bertz CT molecular complexity index is 1410. The van der Waals surface area contributed by atoms with Crippen molar-refractivity contribution in [1.29, 1.82) is 5.26 Å². The molecule has 0 bridgehead atoms. The van der Waals surface area contributed by atoms with Crippen LogP contribution in [-0.4, -0.2) is 30.3 Å². The number of pyridine rings is 1. The Morgan fingerprint density at radius 2 is 1.51 bits per heavy atom. The van der Waals surface area contributed by atoms with Crippen molar-refractivity contribution in [3.8, 4) is 28.3 Å². The highest BCUT2D eigenvalue weighted by Gasteiger charge is 2.29. The molecule has 2 atom stereocenters. The molecule has 174 valence electrons. The lowest BCUT2D eigenvalue weighted by atomic mass is 9.92. The van der Waals surface area contributed by atoms with Gasteiger partial charge in [-0.1, -0.05) is 42.5 Å². The van der Waals surface area contributed by atoms with E-state index < -0.39 is 0 Å². The van der Waals surface area contributed by atoms with Gasteiger partial charge in [0.25, 0.3) is 0 Å². The lowest BCUT2D eigenvalue weighted by Crippen LogP contribution is -2.45. The van der Waals surface area contributed by atoms with E-state index in [0.717, 1.165) is 29.7 Å². The number of benzene rings is 3. The second kappa shape index (κ2) is 8.83. The highest BCUT2D eigenvalue weighted by atomic mass is 16.5. The number of fused-ring (bicyclic) bond motifs is 1. The molecular formula is C31H29N3O. The number of hydrogen-bond donors (Lipinski definition) is 0. The van der Waals surface area contributed by atoms with Gasteiger partial charge in [0.05, 0.1) is 29.4 Å². The summed E-state index contributed by atoms with van der Waals surface area (Å²) in [6.45, 7) is 6.14. The van der Waals surface area contributed by atoms with E-state index >= 15 is 0 Å². The number of hydrogen-bond acceptors (Lipinski definition) is 4. The number of ether oxygens (including phenoxy) is 1. The van der Waals surface area contributed by atoms with Crippen LogP contribution in [0.5, 0.6) is 0 Å². The Morgan fingerprint density at radius 1 is 0.857 bits per heavy atom. The van der Waals surface area contributed by atoms with Gasteiger partial charge in [-0.3, -0.25) is 4.98 Å². The van der Waals surface area contributed by atoms with Gasteiger partial charge in [-0.05, 0) is 73.6 Å². The molecular weight excluding hydrogens is 430 g/mol. The molecule has 6 rings (SSSR count). The zero-order chi connectivity index (χ0) is 23.9. The zero-order valence-electron chi connectivity index (χ0n) is 20.2. The molecule has 1 aromatic heterocycles. The standard InChI is InChI=1S/C31H29N3O/c1-20-18-34(19-21(2)35-20)26-14-12-24(13-15-26)29-17-33-31-27(23-8-6-22(16-32)7-9-23)4-3-5-28(31)30(29)25-10-11-25/h3-9,12-15,17,20-21,25H,10-11,18-19H2,1-2H3/t20-,21+. The topological polar surface area (TPSA) is 49.2 Å². The van der Waals surface area contributed by atoms with Crippen molar-refractivity contribution in [3.05, 3.63) is 84.1 Å². The molecule has 35 heavy (non-hydrogen) atoms. The third kappa shape index (κ3) is 4.17. The third-order valence-electron chi connectivity index (χ3n) is 7.21. The average molecular weight is 460 g/mol. The van der Waals surface area contributed by atoms with Gasteiger partial charge < -0.3 is 9.64 Å². The fraction of sp³-hybridized carbons (Fsp3) is 0.290. The van der Waals surface area contributed by atoms with Gasteiger partial charge in [-0.15, -0.1) is 0 Å². The van der Waals surface area contributed by atoms with Crippen LogP contribution in [0, 0.1) is 11.3 Å². The van der Waals surface area contributed by atoms with E-state index in [4.69, 9.17) is 15.0 Å². The van der Waals surface area contributed by atoms with Gasteiger partial charge in [0, 0.05) is 41.5 Å². The largest absolute Gasteiger partial charge is 0.372 e. The van der Waals surface area contributed by atoms with Gasteiger partial charge in [0.15, 0.2) is 0 Å². The molecule has 4 aromatic rings. The van der Waals surface area contributed by atoms with Crippen molar-refractivity contribution >= 4 is 16.6 Å². The molecule has 1 aliphatic carbocycles. The Hall–Kier alpha value is -3.68. The van der Waals surface area contributed by atoms with Crippen molar-refractivity contribution < 1.29 is 4.74 Å². The monoisotopic (exact) mass is 459 g/mol. The van der Waals surface area contributed by atoms with Crippen LogP contribution < -0.4 is 4.90 Å². The average Bonchev–Trinajstić information content (AvgIpc) is 3.72. The summed E-state index contributed by atoms with van der Waals surface area (Å²) < 4.78 is 5.91. The molecule has 4 heteroatoms. The third-order valence-corrected chi connectivity index (χ3v) is 7.21. The van der Waals surface area contributed by atoms with Gasteiger partial charge >= 0.3 is 0 Å². The van der Waals surface area contributed by atoms with Crippen LogP contribution in [0.4, 0.5) is 5.69 Å². The Labute approximate surface area is 206 Å². The summed E-state index contributed by atoms with van der Waals surface area (Å²) in [4.78, 5) is 7.41. The van der Waals surface area contributed by atoms with Crippen molar-refractivity contribution in [2.45, 2.75) is 44.8 Å². The minimum absolute atomic E-state index is 0.245. The second-order valence-corrected chi connectivity index (χ2v) is 9.96. The maximum absolute atomic E-state index is 9.16. The lowest BCUT2D eigenvalue weighted by Gasteiger charge is -2.37. The maximum atomic E-state index is 9.16. The molecule has 1 saturated heterocycles. The molecule has 4 nitrogen and oxygen atoms in total. The fourth-order valence-electron chi connectivity index (χ4n) is 5.48. The first-order valence-corrected chi connectivity index (χ1v) is 12.5. The molecule has 3 aromatic carbocycles. The van der Waals surface area contributed by atoms with Crippen molar-refractivity contribution in [3.63, 3.8) is 0 Å². The van der Waals surface area contributed by atoms with E-state index in [-0.39, 0.29) is 12.2 Å². The van der Waals surface area contributed by atoms with E-state index in [9.17, 15) is 0 Å². The number of nitriles is 1. The molecule has 0 N–H and O–H groups in total. The van der Waals surface area contributed by atoms with Crippen molar-refractivity contribution in [2.24, 2.45) is 0 Å². The van der Waals surface area contributed by atoms with E-state index in [1.165, 1.54) is 40.6 Å². The first-order valence-electron chi connectivity index (χ1n) is 12.5. The van der Waals surface area contributed by atoms with E-state index in [2.05, 4.69) is 73.5 Å². The van der Waals surface area contributed by atoms with Crippen LogP contribution in [0.2, 0.25) is 0 Å². The van der Waals surface area contributed by atoms with Crippen LogP contribution in [0.1, 0.15) is 43.7 Å². The summed E-state index contributed by atoms with van der Waals surface area (Å²) in [5.74, 6) is 0.590. The van der Waals surface area contributed by atoms with Crippen molar-refractivity contribution in [1.82, 2.24) is 4.98 Å². The first-order chi connectivity index (χ1) is 17.1. The molecule has 1 aliphatic heterocycles. The van der Waals surface area contributed by atoms with E-state index in [1.807, 2.05) is 24.3 Å². The van der Waals surface area contributed by atoms with E-state index in [1.54, 1.807) is 0 Å². The predicted molar refractivity (Wildman–Crippen MR) is 142 cm³/mol. The summed E-state index contributed by atoms with van der Waals surface area (Å²) >= 11 is 0. The quantitative estimate of drug-likeness (QED) is 0.332. The Kier molecular flexibility index (Phi) is 5.51. The van der Waals surface area contributed by atoms with Crippen LogP contribution in [-0.2, 0) is 4.74 Å². The first kappa shape index (κ1) is 21.8. The molecule has 2 aliphatic rings. The van der Waals surface area contributed by atoms with Gasteiger partial charge in [0.2, 0.25) is 0 Å². The molecule has 0 unspecified atom stereocenters. The number of morpholine rings is 1. The smallest absolute Gasteiger partial charge is 0.0991 e. The van der Waals surface area contributed by atoms with Crippen LogP contribution in [0.15, 0.2) is 72.9 Å². The number of para-hydroxylation sites is 1. The van der Waals surface area contributed by atoms with Gasteiger partial charge in [-0.25, -0.2) is 0 Å². The predicted octanol–water partition coefficient (Wildman–Crippen LogP) is 6.93. The number of rotatable bonds is 4. The molecule has 2 fully saturated rings. The molecule has 2 heterocycles. The van der Waals surface area contributed by atoms with E-state index in [0.29, 0.717) is 11.5 Å². The van der Waals surface area contributed by atoms with Crippen LogP contribution in [0.25, 0.3) is 33.2 Å². The second-order valence-electron chi connectivity index (χ2n) is 9.96. The molecule has 0 radical (unpaired) electrons. The summed E-state index contributed by atoms with van der Waals surface area (Å²) in [6, 6.07) is 25.5. The van der Waals surface area contributed by atoms with Crippen LogP contribution in [0.3, 0.4) is 0 Å². The summed E-state index contributed by atoms with van der Waals surface area (Å²) in [5, 5.41) is 10.4. The molecule has 1 saturated carbocycles. The highest BCUT2D eigenvalue weighted by molar-refractivity contribution is 5.98. The highest BCUT2D eigenvalue weighted by Crippen LogP contribution is 2.48. The Morgan fingerprint density at radius 3 is 2.17 bits per heavy atom. The van der Waals surface area contributed by atoms with Gasteiger partial charge in [-0.2, -0.15) is 5.26 Å². The number of aromatic nitrogens is 1. The fourth-order valence-corrected chi connectivity index (χ4v) is 5.48.